The van der Waals surface area contributed by atoms with Crippen molar-refractivity contribution in [2.24, 2.45) is 11.1 Å². The number of hydrogen-bond acceptors (Lipinski definition) is 3. The highest BCUT2D eigenvalue weighted by Gasteiger charge is 2.28. The molecule has 0 aromatic carbocycles. The molecular formula is C17H26N2S. The number of nitrogens with two attached hydrogens (primary N) is 1. The van der Waals surface area contributed by atoms with Crippen LogP contribution >= 0.6 is 11.3 Å². The van der Waals surface area contributed by atoms with Crippen molar-refractivity contribution in [3.63, 3.8) is 0 Å². The maximum Gasteiger partial charge on any atom is 0.0772 e. The summed E-state index contributed by atoms with van der Waals surface area (Å²) in [6.45, 7) is 6.26. The van der Waals surface area contributed by atoms with Crippen molar-refractivity contribution >= 4 is 11.3 Å². The second-order valence-corrected chi connectivity index (χ2v) is 7.75. The molecule has 1 aliphatic rings. The molecule has 1 saturated carbocycles. The van der Waals surface area contributed by atoms with Gasteiger partial charge >= 0.3 is 0 Å². The summed E-state index contributed by atoms with van der Waals surface area (Å²) in [5.41, 5.74) is 5.95. The molecule has 1 aromatic heterocycles. The van der Waals surface area contributed by atoms with Gasteiger partial charge in [-0.15, -0.1) is 11.3 Å². The monoisotopic (exact) mass is 290 g/mol. The molecule has 1 aromatic rings. The minimum Gasteiger partial charge on any atom is -0.320 e. The molecule has 1 heterocycles. The van der Waals surface area contributed by atoms with Crippen molar-refractivity contribution < 1.29 is 0 Å². The Labute approximate surface area is 127 Å². The first-order chi connectivity index (χ1) is 9.50. The Morgan fingerprint density at radius 1 is 1.35 bits per heavy atom. The van der Waals surface area contributed by atoms with Crippen LogP contribution in [0, 0.1) is 17.3 Å². The van der Waals surface area contributed by atoms with Crippen LogP contribution in [0.4, 0.5) is 0 Å². The van der Waals surface area contributed by atoms with Gasteiger partial charge in [-0.25, -0.2) is 0 Å². The summed E-state index contributed by atoms with van der Waals surface area (Å²) in [5, 5.41) is 0. The number of nitrogens with zero attached hydrogens (tertiary/aromatic N) is 1. The predicted molar refractivity (Wildman–Crippen MR) is 87.8 cm³/mol. The van der Waals surface area contributed by atoms with Crippen molar-refractivity contribution in [1.29, 1.82) is 0 Å². The minimum absolute atomic E-state index is 0.436. The SMILES string of the molecule is CN(Cc1ccc(C#CCN)s1)C1CCC(C)(C)CC1. The third kappa shape index (κ3) is 4.34. The first kappa shape index (κ1) is 15.6. The molecule has 0 amide bonds. The smallest absolute Gasteiger partial charge is 0.0772 e. The summed E-state index contributed by atoms with van der Waals surface area (Å²) in [6.07, 6.45) is 5.35. The second-order valence-electron chi connectivity index (χ2n) is 6.58. The lowest BCUT2D eigenvalue weighted by molar-refractivity contribution is 0.124. The summed E-state index contributed by atoms with van der Waals surface area (Å²) >= 11 is 1.79. The third-order valence-corrected chi connectivity index (χ3v) is 5.30. The summed E-state index contributed by atoms with van der Waals surface area (Å²) in [7, 11) is 2.26. The lowest BCUT2D eigenvalue weighted by atomic mass is 9.75. The molecule has 20 heavy (non-hydrogen) atoms. The summed E-state index contributed by atoms with van der Waals surface area (Å²) < 4.78 is 0. The average Bonchev–Trinajstić information content (AvgIpc) is 2.83. The van der Waals surface area contributed by atoms with Crippen LogP contribution in [0.25, 0.3) is 0 Å². The van der Waals surface area contributed by atoms with E-state index in [0.29, 0.717) is 12.0 Å². The Hall–Kier alpha value is -0.820. The molecule has 0 spiro atoms. The molecule has 2 rings (SSSR count). The minimum atomic E-state index is 0.436. The number of hydrogen-bond donors (Lipinski definition) is 1. The van der Waals surface area contributed by atoms with E-state index in [0.717, 1.165) is 17.5 Å². The fourth-order valence-electron chi connectivity index (χ4n) is 2.87. The van der Waals surface area contributed by atoms with Crippen LogP contribution in [0.3, 0.4) is 0 Å². The van der Waals surface area contributed by atoms with E-state index in [-0.39, 0.29) is 0 Å². The molecule has 110 valence electrons. The molecule has 0 atom stereocenters. The van der Waals surface area contributed by atoms with E-state index >= 15 is 0 Å². The fourth-order valence-corrected chi connectivity index (χ4v) is 3.81. The van der Waals surface area contributed by atoms with E-state index in [1.165, 1.54) is 30.6 Å². The molecule has 3 heteroatoms. The van der Waals surface area contributed by atoms with Crippen molar-refractivity contribution in [1.82, 2.24) is 4.90 Å². The molecule has 1 aliphatic carbocycles. The summed E-state index contributed by atoms with van der Waals surface area (Å²) in [5.74, 6) is 6.03. The van der Waals surface area contributed by atoms with E-state index < -0.39 is 0 Å². The second kappa shape index (κ2) is 6.76. The Bertz CT molecular complexity index is 483. The van der Waals surface area contributed by atoms with Crippen LogP contribution in [0.15, 0.2) is 12.1 Å². The predicted octanol–water partition coefficient (Wildman–Crippen LogP) is 3.46. The van der Waals surface area contributed by atoms with Gasteiger partial charge in [-0.1, -0.05) is 25.7 Å². The lowest BCUT2D eigenvalue weighted by Crippen LogP contribution is -2.36. The van der Waals surface area contributed by atoms with E-state index in [1.54, 1.807) is 11.3 Å². The van der Waals surface area contributed by atoms with Crippen LogP contribution in [-0.2, 0) is 6.54 Å². The van der Waals surface area contributed by atoms with Gasteiger partial charge in [0, 0.05) is 17.5 Å². The molecule has 0 radical (unpaired) electrons. The molecule has 2 N–H and O–H groups in total. The van der Waals surface area contributed by atoms with Crippen LogP contribution in [0.2, 0.25) is 0 Å². The molecule has 1 fully saturated rings. The Morgan fingerprint density at radius 3 is 2.70 bits per heavy atom. The van der Waals surface area contributed by atoms with Gasteiger partial charge in [0.25, 0.3) is 0 Å². The van der Waals surface area contributed by atoms with Crippen LogP contribution in [-0.4, -0.2) is 24.5 Å². The van der Waals surface area contributed by atoms with E-state index in [1.807, 2.05) is 0 Å². The number of rotatable bonds is 3. The lowest BCUT2D eigenvalue weighted by Gasteiger charge is -2.38. The van der Waals surface area contributed by atoms with Gasteiger partial charge in [0.2, 0.25) is 0 Å². The standard InChI is InChI=1S/C17H26N2S/c1-17(2)10-8-14(9-11-17)19(3)13-16-7-6-15(20-16)5-4-12-18/h6-7,14H,8-13,18H2,1-3H3. The van der Waals surface area contributed by atoms with Gasteiger partial charge in [0.15, 0.2) is 0 Å². The first-order valence-corrected chi connectivity index (χ1v) is 8.30. The van der Waals surface area contributed by atoms with E-state index in [4.69, 9.17) is 5.73 Å². The molecule has 0 aliphatic heterocycles. The Balaban J connectivity index is 1.88. The Kier molecular flexibility index (Phi) is 5.26. The van der Waals surface area contributed by atoms with Crippen molar-refractivity contribution in [2.45, 2.75) is 52.1 Å². The third-order valence-electron chi connectivity index (χ3n) is 4.31. The van der Waals surface area contributed by atoms with Gasteiger partial charge < -0.3 is 5.73 Å². The van der Waals surface area contributed by atoms with Gasteiger partial charge in [-0.2, -0.15) is 0 Å². The topological polar surface area (TPSA) is 29.3 Å². The molecule has 2 nitrogen and oxygen atoms in total. The first-order valence-electron chi connectivity index (χ1n) is 7.48. The normalized spacial score (nSPS) is 18.9. The molecular weight excluding hydrogens is 264 g/mol. The van der Waals surface area contributed by atoms with E-state index in [9.17, 15) is 0 Å². The zero-order chi connectivity index (χ0) is 14.6. The zero-order valence-electron chi connectivity index (χ0n) is 12.9. The van der Waals surface area contributed by atoms with Crippen LogP contribution in [0.5, 0.6) is 0 Å². The van der Waals surface area contributed by atoms with Gasteiger partial charge in [0.1, 0.15) is 0 Å². The zero-order valence-corrected chi connectivity index (χ0v) is 13.7. The van der Waals surface area contributed by atoms with Crippen molar-refractivity contribution in [3.05, 3.63) is 21.9 Å². The highest BCUT2D eigenvalue weighted by molar-refractivity contribution is 7.12. The maximum absolute atomic E-state index is 5.41. The quantitative estimate of drug-likeness (QED) is 0.864. The van der Waals surface area contributed by atoms with Gasteiger partial charge in [-0.05, 0) is 50.3 Å². The maximum atomic E-state index is 5.41. The molecule has 0 bridgehead atoms. The summed E-state index contributed by atoms with van der Waals surface area (Å²) in [6, 6.07) is 5.05. The number of thiophene rings is 1. The van der Waals surface area contributed by atoms with Gasteiger partial charge in [-0.3, -0.25) is 4.90 Å². The highest BCUT2D eigenvalue weighted by Crippen LogP contribution is 2.37. The van der Waals surface area contributed by atoms with Gasteiger partial charge in [0.05, 0.1) is 11.4 Å². The molecule has 0 unspecified atom stereocenters. The van der Waals surface area contributed by atoms with E-state index in [2.05, 4.69) is 49.8 Å². The van der Waals surface area contributed by atoms with Crippen LogP contribution in [0.1, 0.15) is 49.3 Å². The fraction of sp³-hybridized carbons (Fsp3) is 0.647. The molecule has 0 saturated heterocycles. The average molecular weight is 290 g/mol. The van der Waals surface area contributed by atoms with Crippen LogP contribution < -0.4 is 5.73 Å². The van der Waals surface area contributed by atoms with Crippen molar-refractivity contribution in [2.75, 3.05) is 13.6 Å². The Morgan fingerprint density at radius 2 is 2.05 bits per heavy atom. The van der Waals surface area contributed by atoms with Crippen molar-refractivity contribution in [3.8, 4) is 11.8 Å². The largest absolute Gasteiger partial charge is 0.320 e. The highest BCUT2D eigenvalue weighted by atomic mass is 32.1. The summed E-state index contributed by atoms with van der Waals surface area (Å²) in [4.78, 5) is 5.04.